The van der Waals surface area contributed by atoms with Gasteiger partial charge in [-0.15, -0.1) is 12.4 Å². The van der Waals surface area contributed by atoms with Crippen molar-refractivity contribution in [3.8, 4) is 5.75 Å². The number of hydrogen-bond acceptors (Lipinski definition) is 4. The molecule has 5 heteroatoms. The zero-order chi connectivity index (χ0) is 16.2. The van der Waals surface area contributed by atoms with Gasteiger partial charge in [-0.2, -0.15) is 0 Å². The van der Waals surface area contributed by atoms with Crippen molar-refractivity contribution in [3.05, 3.63) is 29.3 Å². The molecule has 1 aromatic rings. The summed E-state index contributed by atoms with van der Waals surface area (Å²) < 4.78 is 11.1. The van der Waals surface area contributed by atoms with Crippen LogP contribution in [-0.2, 0) is 4.74 Å². The molecule has 0 aliphatic carbocycles. The Labute approximate surface area is 146 Å². The highest BCUT2D eigenvalue weighted by atomic mass is 35.5. The quantitative estimate of drug-likeness (QED) is 0.484. The van der Waals surface area contributed by atoms with Crippen LogP contribution in [0.4, 0.5) is 0 Å². The number of benzene rings is 1. The van der Waals surface area contributed by atoms with Crippen LogP contribution in [0.2, 0.25) is 0 Å². The number of hydrogen-bond donors (Lipinski definition) is 1. The van der Waals surface area contributed by atoms with E-state index >= 15 is 0 Å². The maximum atomic E-state index is 12.3. The Hall–Kier alpha value is -1.26. The molecular weight excluding hydrogens is 314 g/mol. The first-order valence-corrected chi connectivity index (χ1v) is 8.31. The fraction of sp³-hybridized carbons (Fsp3) is 0.611. The SMILES string of the molecule is CCCCNCCOC(=O)c1c(C)cccc1OCCCC.Cl. The molecule has 0 fully saturated rings. The van der Waals surface area contributed by atoms with Crippen LogP contribution < -0.4 is 10.1 Å². The number of unbranched alkanes of at least 4 members (excludes halogenated alkanes) is 2. The van der Waals surface area contributed by atoms with Crippen molar-refractivity contribution in [3.63, 3.8) is 0 Å². The first-order valence-electron chi connectivity index (χ1n) is 8.31. The molecule has 1 N–H and O–H groups in total. The molecule has 0 unspecified atom stereocenters. The van der Waals surface area contributed by atoms with E-state index in [0.29, 0.717) is 31.1 Å². The van der Waals surface area contributed by atoms with Gasteiger partial charge < -0.3 is 14.8 Å². The molecule has 0 amide bonds. The lowest BCUT2D eigenvalue weighted by atomic mass is 10.1. The molecule has 0 aromatic heterocycles. The molecule has 0 spiro atoms. The Morgan fingerprint density at radius 3 is 2.52 bits per heavy atom. The van der Waals surface area contributed by atoms with Gasteiger partial charge in [-0.3, -0.25) is 0 Å². The van der Waals surface area contributed by atoms with Crippen LogP contribution >= 0.6 is 12.4 Å². The number of rotatable bonds is 11. The van der Waals surface area contributed by atoms with Gasteiger partial charge in [0.1, 0.15) is 17.9 Å². The second kappa shape index (κ2) is 13.2. The molecule has 23 heavy (non-hydrogen) atoms. The van der Waals surface area contributed by atoms with Gasteiger partial charge in [-0.25, -0.2) is 4.79 Å². The third-order valence-electron chi connectivity index (χ3n) is 3.41. The highest BCUT2D eigenvalue weighted by molar-refractivity contribution is 5.94. The topological polar surface area (TPSA) is 47.6 Å². The van der Waals surface area contributed by atoms with Gasteiger partial charge in [0.05, 0.1) is 6.61 Å². The Morgan fingerprint density at radius 1 is 1.09 bits per heavy atom. The summed E-state index contributed by atoms with van der Waals surface area (Å²) in [6, 6.07) is 5.64. The van der Waals surface area contributed by atoms with E-state index in [9.17, 15) is 4.79 Å². The molecule has 0 bridgehead atoms. The van der Waals surface area contributed by atoms with Crippen molar-refractivity contribution in [1.82, 2.24) is 5.32 Å². The van der Waals surface area contributed by atoms with Gasteiger partial charge in [-0.1, -0.05) is 38.8 Å². The minimum Gasteiger partial charge on any atom is -0.493 e. The van der Waals surface area contributed by atoms with E-state index in [-0.39, 0.29) is 18.4 Å². The van der Waals surface area contributed by atoms with Crippen molar-refractivity contribution >= 4 is 18.4 Å². The summed E-state index contributed by atoms with van der Waals surface area (Å²) in [5.41, 5.74) is 1.44. The molecule has 132 valence electrons. The van der Waals surface area contributed by atoms with Crippen molar-refractivity contribution in [2.75, 3.05) is 26.3 Å². The Bertz CT molecular complexity index is 452. The minimum absolute atomic E-state index is 0. The van der Waals surface area contributed by atoms with E-state index in [1.54, 1.807) is 0 Å². The Kier molecular flexibility index (Phi) is 12.5. The number of carbonyl (C=O) groups excluding carboxylic acids is 1. The minimum atomic E-state index is -0.304. The largest absolute Gasteiger partial charge is 0.493 e. The highest BCUT2D eigenvalue weighted by Crippen LogP contribution is 2.23. The molecule has 0 aliphatic heterocycles. The van der Waals surface area contributed by atoms with E-state index in [4.69, 9.17) is 9.47 Å². The first-order chi connectivity index (χ1) is 10.7. The lowest BCUT2D eigenvalue weighted by Gasteiger charge is -2.13. The van der Waals surface area contributed by atoms with E-state index in [1.165, 1.54) is 0 Å². The lowest BCUT2D eigenvalue weighted by molar-refractivity contribution is 0.0503. The number of ether oxygens (including phenoxy) is 2. The summed E-state index contributed by atoms with van der Waals surface area (Å²) in [4.78, 5) is 12.3. The predicted molar refractivity (Wildman–Crippen MR) is 96.9 cm³/mol. The average molecular weight is 344 g/mol. The van der Waals surface area contributed by atoms with Gasteiger partial charge in [-0.05, 0) is 37.9 Å². The smallest absolute Gasteiger partial charge is 0.342 e. The maximum Gasteiger partial charge on any atom is 0.342 e. The Morgan fingerprint density at radius 2 is 1.83 bits per heavy atom. The van der Waals surface area contributed by atoms with Crippen LogP contribution in [0, 0.1) is 6.92 Å². The van der Waals surface area contributed by atoms with Crippen LogP contribution in [-0.4, -0.2) is 32.3 Å². The third-order valence-corrected chi connectivity index (χ3v) is 3.41. The summed E-state index contributed by atoms with van der Waals surface area (Å²) in [6.07, 6.45) is 4.34. The molecule has 1 rings (SSSR count). The maximum absolute atomic E-state index is 12.3. The average Bonchev–Trinajstić information content (AvgIpc) is 2.51. The second-order valence-electron chi connectivity index (χ2n) is 5.39. The van der Waals surface area contributed by atoms with Gasteiger partial charge in [0.15, 0.2) is 0 Å². The zero-order valence-corrected chi connectivity index (χ0v) is 15.3. The van der Waals surface area contributed by atoms with E-state index in [1.807, 2.05) is 25.1 Å². The molecule has 0 atom stereocenters. The van der Waals surface area contributed by atoms with Crippen molar-refractivity contribution in [1.29, 1.82) is 0 Å². The van der Waals surface area contributed by atoms with Gasteiger partial charge >= 0.3 is 5.97 Å². The number of carbonyl (C=O) groups is 1. The van der Waals surface area contributed by atoms with Crippen LogP contribution in [0.3, 0.4) is 0 Å². The standard InChI is InChI=1S/C18H29NO3.ClH/c1-4-6-11-19-12-14-22-18(20)17-15(3)9-8-10-16(17)21-13-7-5-2;/h8-10,19H,4-7,11-14H2,1-3H3;1H. The second-order valence-corrected chi connectivity index (χ2v) is 5.39. The van der Waals surface area contributed by atoms with Crippen molar-refractivity contribution in [2.45, 2.75) is 46.5 Å². The van der Waals surface area contributed by atoms with Crippen molar-refractivity contribution in [2.24, 2.45) is 0 Å². The highest BCUT2D eigenvalue weighted by Gasteiger charge is 2.16. The van der Waals surface area contributed by atoms with Crippen LogP contribution in [0.5, 0.6) is 5.75 Å². The number of halogens is 1. The predicted octanol–water partition coefficient (Wildman–Crippen LogP) is 4.14. The first kappa shape index (κ1) is 21.7. The molecule has 0 saturated carbocycles. The number of aryl methyl sites for hydroxylation is 1. The molecule has 0 heterocycles. The molecule has 4 nitrogen and oxygen atoms in total. The van der Waals surface area contributed by atoms with Crippen molar-refractivity contribution < 1.29 is 14.3 Å². The van der Waals surface area contributed by atoms with E-state index in [0.717, 1.165) is 37.8 Å². The van der Waals surface area contributed by atoms with Crippen LogP contribution in [0.15, 0.2) is 18.2 Å². The molecule has 0 aliphatic rings. The van der Waals surface area contributed by atoms with Gasteiger partial charge in [0.25, 0.3) is 0 Å². The van der Waals surface area contributed by atoms with E-state index in [2.05, 4.69) is 19.2 Å². The third kappa shape index (κ3) is 8.24. The summed E-state index contributed by atoms with van der Waals surface area (Å²) in [5, 5.41) is 3.26. The lowest BCUT2D eigenvalue weighted by Crippen LogP contribution is -2.22. The van der Waals surface area contributed by atoms with E-state index < -0.39 is 0 Å². The monoisotopic (exact) mass is 343 g/mol. The fourth-order valence-corrected chi connectivity index (χ4v) is 2.06. The van der Waals surface area contributed by atoms with Crippen LogP contribution in [0.1, 0.15) is 55.5 Å². The normalized spacial score (nSPS) is 10.0. The summed E-state index contributed by atoms with van der Waals surface area (Å²) in [6.45, 7) is 8.82. The zero-order valence-electron chi connectivity index (χ0n) is 14.5. The molecule has 1 aromatic carbocycles. The molecule has 0 saturated heterocycles. The van der Waals surface area contributed by atoms with Gasteiger partial charge in [0, 0.05) is 6.54 Å². The summed E-state index contributed by atoms with van der Waals surface area (Å²) in [5.74, 6) is 0.319. The molecular formula is C18H30ClNO3. The fourth-order valence-electron chi connectivity index (χ4n) is 2.06. The number of esters is 1. The summed E-state index contributed by atoms with van der Waals surface area (Å²) in [7, 11) is 0. The summed E-state index contributed by atoms with van der Waals surface area (Å²) >= 11 is 0. The molecule has 0 radical (unpaired) electrons. The Balaban J connectivity index is 0.00000484. The van der Waals surface area contributed by atoms with Crippen LogP contribution in [0.25, 0.3) is 0 Å². The van der Waals surface area contributed by atoms with Gasteiger partial charge in [0.2, 0.25) is 0 Å². The number of nitrogens with one attached hydrogen (secondary N) is 1.